The minimum absolute atomic E-state index is 0.148. The van der Waals surface area contributed by atoms with Crippen molar-refractivity contribution in [3.05, 3.63) is 35.4 Å². The first-order chi connectivity index (χ1) is 10.4. The van der Waals surface area contributed by atoms with E-state index in [4.69, 9.17) is 5.11 Å². The van der Waals surface area contributed by atoms with Crippen molar-refractivity contribution in [2.45, 2.75) is 31.7 Å². The van der Waals surface area contributed by atoms with Gasteiger partial charge < -0.3 is 10.0 Å². The number of carboxylic acids is 1. The smallest absolute Gasteiger partial charge is 0.308 e. The molecule has 1 aromatic rings. The van der Waals surface area contributed by atoms with Gasteiger partial charge in [0.2, 0.25) is 5.91 Å². The number of benzene rings is 1. The predicted octanol–water partition coefficient (Wildman–Crippen LogP) is 2.39. The van der Waals surface area contributed by atoms with E-state index in [9.17, 15) is 18.4 Å². The maximum atomic E-state index is 13.8. The second-order valence-corrected chi connectivity index (χ2v) is 6.10. The maximum absolute atomic E-state index is 13.8. The van der Waals surface area contributed by atoms with Gasteiger partial charge in [0.25, 0.3) is 0 Å². The van der Waals surface area contributed by atoms with Gasteiger partial charge in [0.15, 0.2) is 11.6 Å². The first-order valence-electron chi connectivity index (χ1n) is 7.39. The van der Waals surface area contributed by atoms with Crippen LogP contribution in [0.3, 0.4) is 0 Å². The Morgan fingerprint density at radius 1 is 1.27 bits per heavy atom. The SMILES string of the molecule is CC1C(C(=O)O)CCN1C(=O)C1CC1c1cccc(F)c1F. The van der Waals surface area contributed by atoms with Crippen molar-refractivity contribution in [1.82, 2.24) is 4.90 Å². The molecule has 1 aliphatic carbocycles. The van der Waals surface area contributed by atoms with Crippen LogP contribution in [-0.2, 0) is 9.59 Å². The van der Waals surface area contributed by atoms with Crippen molar-refractivity contribution in [2.75, 3.05) is 6.54 Å². The third-order valence-electron chi connectivity index (χ3n) is 4.84. The lowest BCUT2D eigenvalue weighted by molar-refractivity contribution is -0.143. The van der Waals surface area contributed by atoms with E-state index < -0.39 is 23.5 Å². The van der Waals surface area contributed by atoms with Crippen LogP contribution in [0.15, 0.2) is 18.2 Å². The number of carbonyl (C=O) groups is 2. The van der Waals surface area contributed by atoms with E-state index in [1.165, 1.54) is 12.1 Å². The summed E-state index contributed by atoms with van der Waals surface area (Å²) in [7, 11) is 0. The fourth-order valence-corrected chi connectivity index (χ4v) is 3.41. The number of rotatable bonds is 3. The molecule has 1 amide bonds. The number of carbonyl (C=O) groups excluding carboxylic acids is 1. The maximum Gasteiger partial charge on any atom is 0.308 e. The van der Waals surface area contributed by atoms with E-state index in [0.717, 1.165) is 6.07 Å². The van der Waals surface area contributed by atoms with Crippen molar-refractivity contribution >= 4 is 11.9 Å². The standard InChI is InChI=1S/C16H17F2NO3/c1-8-9(16(21)22)5-6-19(8)15(20)12-7-11(12)10-3-2-4-13(17)14(10)18/h2-4,8-9,11-12H,5-7H2,1H3,(H,21,22). The van der Waals surface area contributed by atoms with Gasteiger partial charge in [-0.05, 0) is 37.3 Å². The highest BCUT2D eigenvalue weighted by Crippen LogP contribution is 2.50. The fraction of sp³-hybridized carbons (Fsp3) is 0.500. The molecule has 4 atom stereocenters. The highest BCUT2D eigenvalue weighted by Gasteiger charge is 2.50. The van der Waals surface area contributed by atoms with Crippen LogP contribution in [0.2, 0.25) is 0 Å². The normalized spacial score (nSPS) is 30.4. The zero-order valence-corrected chi connectivity index (χ0v) is 12.1. The highest BCUT2D eigenvalue weighted by molar-refractivity contribution is 5.84. The van der Waals surface area contributed by atoms with E-state index in [1.807, 2.05) is 0 Å². The Balaban J connectivity index is 1.71. The molecule has 0 spiro atoms. The van der Waals surface area contributed by atoms with E-state index in [-0.39, 0.29) is 29.3 Å². The third-order valence-corrected chi connectivity index (χ3v) is 4.84. The van der Waals surface area contributed by atoms with Gasteiger partial charge in [0.1, 0.15) is 0 Å². The summed E-state index contributed by atoms with van der Waals surface area (Å²) >= 11 is 0. The van der Waals surface area contributed by atoms with Gasteiger partial charge in [0, 0.05) is 18.5 Å². The average Bonchev–Trinajstić information content (AvgIpc) is 3.16. The van der Waals surface area contributed by atoms with Crippen LogP contribution in [0.4, 0.5) is 8.78 Å². The van der Waals surface area contributed by atoms with Crippen LogP contribution in [0, 0.1) is 23.5 Å². The largest absolute Gasteiger partial charge is 0.481 e. The second-order valence-electron chi connectivity index (χ2n) is 6.10. The molecule has 1 aromatic carbocycles. The van der Waals surface area contributed by atoms with Crippen LogP contribution in [0.1, 0.15) is 31.2 Å². The highest BCUT2D eigenvalue weighted by atomic mass is 19.2. The van der Waals surface area contributed by atoms with Crippen molar-refractivity contribution in [1.29, 1.82) is 0 Å². The summed E-state index contributed by atoms with van der Waals surface area (Å²) in [5, 5.41) is 9.11. The van der Waals surface area contributed by atoms with Crippen LogP contribution in [0.5, 0.6) is 0 Å². The zero-order chi connectivity index (χ0) is 16.0. The number of hydrogen-bond acceptors (Lipinski definition) is 2. The molecule has 1 saturated carbocycles. The summed E-state index contributed by atoms with van der Waals surface area (Å²) in [4.78, 5) is 25.2. The lowest BCUT2D eigenvalue weighted by Gasteiger charge is -2.23. The van der Waals surface area contributed by atoms with Crippen LogP contribution in [0.25, 0.3) is 0 Å². The van der Waals surface area contributed by atoms with Crippen molar-refractivity contribution < 1.29 is 23.5 Å². The van der Waals surface area contributed by atoms with Gasteiger partial charge >= 0.3 is 5.97 Å². The summed E-state index contributed by atoms with van der Waals surface area (Å²) in [5.74, 6) is -4.06. The fourth-order valence-electron chi connectivity index (χ4n) is 3.41. The molecule has 0 aromatic heterocycles. The van der Waals surface area contributed by atoms with E-state index >= 15 is 0 Å². The quantitative estimate of drug-likeness (QED) is 0.932. The third kappa shape index (κ3) is 2.36. The molecule has 6 heteroatoms. The molecule has 1 heterocycles. The number of nitrogens with zero attached hydrogens (tertiary/aromatic N) is 1. The second kappa shape index (κ2) is 5.34. The molecule has 2 fully saturated rings. The van der Waals surface area contributed by atoms with Gasteiger partial charge in [-0.15, -0.1) is 0 Å². The average molecular weight is 309 g/mol. The van der Waals surface area contributed by atoms with Crippen LogP contribution < -0.4 is 0 Å². The Labute approximate surface area is 126 Å². The topological polar surface area (TPSA) is 57.6 Å². The number of likely N-dealkylation sites (tertiary alicyclic amines) is 1. The molecule has 3 rings (SSSR count). The molecule has 1 saturated heterocycles. The molecule has 2 aliphatic rings. The zero-order valence-electron chi connectivity index (χ0n) is 12.1. The van der Waals surface area contributed by atoms with Gasteiger partial charge in [-0.3, -0.25) is 9.59 Å². The van der Waals surface area contributed by atoms with E-state index in [1.54, 1.807) is 11.8 Å². The Morgan fingerprint density at radius 2 is 2.00 bits per heavy atom. The summed E-state index contributed by atoms with van der Waals surface area (Å²) in [5.41, 5.74) is 0.236. The lowest BCUT2D eigenvalue weighted by atomic mass is 10.0. The summed E-state index contributed by atoms with van der Waals surface area (Å²) in [6, 6.07) is 3.64. The predicted molar refractivity (Wildman–Crippen MR) is 74.1 cm³/mol. The number of hydrogen-bond donors (Lipinski definition) is 1. The molecular weight excluding hydrogens is 292 g/mol. The molecule has 118 valence electrons. The van der Waals surface area contributed by atoms with Crippen molar-refractivity contribution in [3.8, 4) is 0 Å². The number of aliphatic carboxylic acids is 1. The molecule has 4 unspecified atom stereocenters. The molecule has 1 aliphatic heterocycles. The van der Waals surface area contributed by atoms with E-state index in [2.05, 4.69) is 0 Å². The van der Waals surface area contributed by atoms with E-state index in [0.29, 0.717) is 19.4 Å². The summed E-state index contributed by atoms with van der Waals surface area (Å²) in [6.45, 7) is 2.13. The van der Waals surface area contributed by atoms with Gasteiger partial charge in [-0.1, -0.05) is 12.1 Å². The molecular formula is C16H17F2NO3. The molecule has 22 heavy (non-hydrogen) atoms. The molecule has 1 N–H and O–H groups in total. The number of halogens is 2. The van der Waals surface area contributed by atoms with Crippen molar-refractivity contribution in [2.24, 2.45) is 11.8 Å². The number of carboxylic acid groups (broad SMARTS) is 1. The first-order valence-corrected chi connectivity index (χ1v) is 7.39. The lowest BCUT2D eigenvalue weighted by Crippen LogP contribution is -2.38. The molecule has 0 radical (unpaired) electrons. The Kier molecular flexibility index (Phi) is 3.62. The Morgan fingerprint density at radius 3 is 2.64 bits per heavy atom. The molecule has 0 bridgehead atoms. The van der Waals surface area contributed by atoms with Crippen LogP contribution in [-0.4, -0.2) is 34.5 Å². The number of amides is 1. The first kappa shape index (κ1) is 14.9. The Hall–Kier alpha value is -1.98. The monoisotopic (exact) mass is 309 g/mol. The summed E-state index contributed by atoms with van der Waals surface area (Å²) in [6.07, 6.45) is 0.925. The minimum Gasteiger partial charge on any atom is -0.481 e. The van der Waals surface area contributed by atoms with Crippen LogP contribution >= 0.6 is 0 Å². The minimum atomic E-state index is -0.906. The van der Waals surface area contributed by atoms with Gasteiger partial charge in [0.05, 0.1) is 5.92 Å². The summed E-state index contributed by atoms with van der Waals surface area (Å²) < 4.78 is 27.0. The van der Waals surface area contributed by atoms with Gasteiger partial charge in [-0.25, -0.2) is 8.78 Å². The van der Waals surface area contributed by atoms with Gasteiger partial charge in [-0.2, -0.15) is 0 Å². The van der Waals surface area contributed by atoms with Crippen molar-refractivity contribution in [3.63, 3.8) is 0 Å². The molecule has 4 nitrogen and oxygen atoms in total. The Bertz CT molecular complexity index is 634.